The van der Waals surface area contributed by atoms with Gasteiger partial charge in [-0.15, -0.1) is 10.2 Å². The monoisotopic (exact) mass is 353 g/mol. The van der Waals surface area contributed by atoms with E-state index in [1.165, 1.54) is 50.4 Å². The summed E-state index contributed by atoms with van der Waals surface area (Å²) in [7, 11) is 0. The van der Waals surface area contributed by atoms with E-state index in [4.69, 9.17) is 0 Å². The third-order valence-electron chi connectivity index (χ3n) is 6.00. The Morgan fingerprint density at radius 3 is 2.42 bits per heavy atom. The van der Waals surface area contributed by atoms with Crippen LogP contribution < -0.4 is 4.90 Å². The predicted octanol–water partition coefficient (Wildman–Crippen LogP) is 2.38. The molecule has 0 aromatic carbocycles. The van der Waals surface area contributed by atoms with Crippen LogP contribution in [0.3, 0.4) is 0 Å². The predicted molar refractivity (Wildman–Crippen MR) is 99.0 cm³/mol. The Labute approximate surface area is 154 Å². The maximum absolute atomic E-state index is 4.68. The summed E-state index contributed by atoms with van der Waals surface area (Å²) in [4.78, 5) is 13.5. The van der Waals surface area contributed by atoms with Crippen LogP contribution in [0, 0.1) is 0 Å². The zero-order chi connectivity index (χ0) is 17.3. The highest BCUT2D eigenvalue weighted by Gasteiger charge is 2.34. The molecule has 138 valence electrons. The second kappa shape index (κ2) is 6.95. The lowest BCUT2D eigenvalue weighted by atomic mass is 9.96. The van der Waals surface area contributed by atoms with E-state index in [0.717, 1.165) is 38.3 Å². The van der Waals surface area contributed by atoms with E-state index in [1.807, 2.05) is 6.20 Å². The van der Waals surface area contributed by atoms with Crippen LogP contribution in [0.1, 0.15) is 62.1 Å². The number of aromatic nitrogens is 5. The average molecular weight is 353 g/mol. The summed E-state index contributed by atoms with van der Waals surface area (Å²) >= 11 is 0. The van der Waals surface area contributed by atoms with Gasteiger partial charge in [-0.3, -0.25) is 9.88 Å². The zero-order valence-electron chi connectivity index (χ0n) is 15.3. The van der Waals surface area contributed by atoms with Crippen LogP contribution in [-0.2, 0) is 6.54 Å². The molecule has 3 fully saturated rings. The molecule has 0 N–H and O–H groups in total. The summed E-state index contributed by atoms with van der Waals surface area (Å²) < 4.78 is 2.50. The van der Waals surface area contributed by atoms with Crippen LogP contribution >= 0.6 is 0 Å². The molecule has 3 aliphatic rings. The first-order valence-electron chi connectivity index (χ1n) is 10.1. The normalized spacial score (nSPS) is 22.2. The Kier molecular flexibility index (Phi) is 4.32. The molecular weight excluding hydrogens is 326 g/mol. The molecule has 2 aliphatic heterocycles. The fourth-order valence-corrected chi connectivity index (χ4v) is 4.42. The molecule has 26 heavy (non-hydrogen) atoms. The third kappa shape index (κ3) is 3.20. The van der Waals surface area contributed by atoms with Gasteiger partial charge in [0.25, 0.3) is 0 Å². The van der Waals surface area contributed by atoms with Crippen LogP contribution in [0.25, 0.3) is 0 Å². The summed E-state index contributed by atoms with van der Waals surface area (Å²) in [6, 6.07) is 0.649. The van der Waals surface area contributed by atoms with E-state index >= 15 is 0 Å². The van der Waals surface area contributed by atoms with E-state index in [1.54, 1.807) is 12.4 Å². The van der Waals surface area contributed by atoms with Gasteiger partial charge in [-0.25, -0.2) is 4.98 Å². The number of hydrogen-bond acceptors (Lipinski definition) is 6. The zero-order valence-corrected chi connectivity index (χ0v) is 15.3. The quantitative estimate of drug-likeness (QED) is 0.822. The van der Waals surface area contributed by atoms with E-state index in [0.29, 0.717) is 12.0 Å². The van der Waals surface area contributed by atoms with Gasteiger partial charge in [0.1, 0.15) is 17.5 Å². The molecule has 0 bridgehead atoms. The van der Waals surface area contributed by atoms with Crippen molar-refractivity contribution in [2.75, 3.05) is 31.1 Å². The molecule has 2 saturated heterocycles. The molecular formula is C19H27N7. The first-order chi connectivity index (χ1) is 12.9. The number of anilines is 1. The maximum Gasteiger partial charge on any atom is 0.147 e. The van der Waals surface area contributed by atoms with Gasteiger partial charge in [0, 0.05) is 37.4 Å². The lowest BCUT2D eigenvalue weighted by Crippen LogP contribution is -2.34. The minimum absolute atomic E-state index is 0.517. The van der Waals surface area contributed by atoms with Crippen molar-refractivity contribution in [2.45, 2.75) is 57.0 Å². The van der Waals surface area contributed by atoms with Gasteiger partial charge < -0.3 is 9.47 Å². The summed E-state index contributed by atoms with van der Waals surface area (Å²) in [6.45, 7) is 5.43. The lowest BCUT2D eigenvalue weighted by Gasteiger charge is -2.32. The topological polar surface area (TPSA) is 63.0 Å². The molecule has 0 spiro atoms. The molecule has 0 radical (unpaired) electrons. The van der Waals surface area contributed by atoms with Crippen molar-refractivity contribution in [3.05, 3.63) is 30.2 Å². The van der Waals surface area contributed by atoms with Crippen LogP contribution in [0.15, 0.2) is 18.6 Å². The average Bonchev–Trinajstić information content (AvgIpc) is 3.24. The standard InChI is InChI=1S/C19H27N7/c1-2-10-24(9-1)14-18-22-23-19(26(18)16-3-4-16)15-5-11-25(12-6-15)17-13-20-7-8-21-17/h7-8,13,15-16H,1-6,9-12,14H2. The fraction of sp³-hybridized carbons (Fsp3) is 0.684. The first-order valence-corrected chi connectivity index (χ1v) is 10.1. The van der Waals surface area contributed by atoms with E-state index in [-0.39, 0.29) is 0 Å². The Bertz CT molecular complexity index is 726. The molecule has 0 amide bonds. The van der Waals surface area contributed by atoms with E-state index in [2.05, 4.69) is 34.5 Å². The Morgan fingerprint density at radius 1 is 0.923 bits per heavy atom. The summed E-state index contributed by atoms with van der Waals surface area (Å²) in [5.74, 6) is 3.94. The SMILES string of the molecule is c1cnc(N2CCC(c3nnc(CN4CCCC4)n3C3CC3)CC2)cn1. The van der Waals surface area contributed by atoms with Crippen molar-refractivity contribution < 1.29 is 0 Å². The highest BCUT2D eigenvalue weighted by molar-refractivity contribution is 5.36. The van der Waals surface area contributed by atoms with Crippen molar-refractivity contribution in [1.29, 1.82) is 0 Å². The lowest BCUT2D eigenvalue weighted by molar-refractivity contribution is 0.314. The van der Waals surface area contributed by atoms with Gasteiger partial charge in [-0.1, -0.05) is 0 Å². The van der Waals surface area contributed by atoms with Crippen molar-refractivity contribution >= 4 is 5.82 Å². The van der Waals surface area contributed by atoms with Gasteiger partial charge in [0.15, 0.2) is 0 Å². The summed E-state index contributed by atoms with van der Waals surface area (Å²) in [5, 5.41) is 9.31. The minimum Gasteiger partial charge on any atom is -0.355 e. The molecule has 0 atom stereocenters. The number of likely N-dealkylation sites (tertiary alicyclic amines) is 1. The molecule has 2 aromatic rings. The second-order valence-corrected chi connectivity index (χ2v) is 7.88. The summed E-state index contributed by atoms with van der Waals surface area (Å²) in [6.07, 6.45) is 12.8. The molecule has 1 saturated carbocycles. The van der Waals surface area contributed by atoms with E-state index in [9.17, 15) is 0 Å². The van der Waals surface area contributed by atoms with Crippen LogP contribution in [0.4, 0.5) is 5.82 Å². The molecule has 7 heteroatoms. The van der Waals surface area contributed by atoms with Crippen molar-refractivity contribution in [2.24, 2.45) is 0 Å². The fourth-order valence-electron chi connectivity index (χ4n) is 4.42. The molecule has 2 aromatic heterocycles. The van der Waals surface area contributed by atoms with Crippen molar-refractivity contribution in [3.8, 4) is 0 Å². The van der Waals surface area contributed by atoms with Crippen molar-refractivity contribution in [1.82, 2.24) is 29.6 Å². The number of nitrogens with zero attached hydrogens (tertiary/aromatic N) is 7. The van der Waals surface area contributed by atoms with Crippen LogP contribution in [0.2, 0.25) is 0 Å². The molecule has 1 aliphatic carbocycles. The molecule has 5 rings (SSSR count). The maximum atomic E-state index is 4.68. The van der Waals surface area contributed by atoms with Gasteiger partial charge in [-0.05, 0) is 51.6 Å². The van der Waals surface area contributed by atoms with Gasteiger partial charge in [0.05, 0.1) is 12.7 Å². The van der Waals surface area contributed by atoms with Gasteiger partial charge >= 0.3 is 0 Å². The summed E-state index contributed by atoms with van der Waals surface area (Å²) in [5.41, 5.74) is 0. The number of piperidine rings is 1. The Morgan fingerprint density at radius 2 is 1.73 bits per heavy atom. The third-order valence-corrected chi connectivity index (χ3v) is 6.00. The molecule has 4 heterocycles. The smallest absolute Gasteiger partial charge is 0.147 e. The van der Waals surface area contributed by atoms with Gasteiger partial charge in [0.2, 0.25) is 0 Å². The van der Waals surface area contributed by atoms with Crippen LogP contribution in [-0.4, -0.2) is 55.8 Å². The van der Waals surface area contributed by atoms with Gasteiger partial charge in [-0.2, -0.15) is 0 Å². The number of hydrogen-bond donors (Lipinski definition) is 0. The Hall–Kier alpha value is -2.02. The molecule has 7 nitrogen and oxygen atoms in total. The highest BCUT2D eigenvalue weighted by Crippen LogP contribution is 2.40. The Balaban J connectivity index is 1.30. The first kappa shape index (κ1) is 16.2. The largest absolute Gasteiger partial charge is 0.355 e. The second-order valence-electron chi connectivity index (χ2n) is 7.88. The van der Waals surface area contributed by atoms with E-state index < -0.39 is 0 Å². The highest BCUT2D eigenvalue weighted by atomic mass is 15.3. The van der Waals surface area contributed by atoms with Crippen molar-refractivity contribution in [3.63, 3.8) is 0 Å². The molecule has 0 unspecified atom stereocenters. The number of rotatable bonds is 5. The van der Waals surface area contributed by atoms with Crippen LogP contribution in [0.5, 0.6) is 0 Å². The minimum atomic E-state index is 0.517.